The standard InChI is InChI=1S/C23H23N5OS/c1-15-24-19-6-4-16(11-21(19)30-15)20-12-23(29)28-14-18(5-7-22(28)25-20)27-10-9-26-8-2-3-17(26)13-27/h4-7,11-12,14,17H,2-3,8-10,13H2,1H3/t17-/m1/s1. The number of hydrogen-bond donors (Lipinski definition) is 0. The van der Waals surface area contributed by atoms with Gasteiger partial charge in [0.15, 0.2) is 0 Å². The van der Waals surface area contributed by atoms with Gasteiger partial charge >= 0.3 is 0 Å². The lowest BCUT2D eigenvalue weighted by Crippen LogP contribution is -2.50. The number of thiazole rings is 1. The van der Waals surface area contributed by atoms with Crippen LogP contribution in [0.15, 0.2) is 47.4 Å². The van der Waals surface area contributed by atoms with Crippen molar-refractivity contribution in [1.82, 2.24) is 19.3 Å². The maximum atomic E-state index is 12.9. The second-order valence-electron chi connectivity index (χ2n) is 8.29. The molecular formula is C23H23N5OS. The van der Waals surface area contributed by atoms with Crippen LogP contribution in [-0.4, -0.2) is 51.5 Å². The van der Waals surface area contributed by atoms with Crippen LogP contribution in [-0.2, 0) is 0 Å². The fourth-order valence-corrected chi connectivity index (χ4v) is 5.72. The molecule has 1 atom stereocenters. The summed E-state index contributed by atoms with van der Waals surface area (Å²) in [6.07, 6.45) is 4.53. The molecule has 5 heterocycles. The second kappa shape index (κ2) is 6.89. The molecule has 30 heavy (non-hydrogen) atoms. The minimum Gasteiger partial charge on any atom is -0.367 e. The van der Waals surface area contributed by atoms with E-state index in [1.54, 1.807) is 21.8 Å². The molecule has 3 aromatic heterocycles. The Bertz CT molecular complexity index is 1330. The number of fused-ring (bicyclic) bond motifs is 3. The largest absolute Gasteiger partial charge is 0.367 e. The lowest BCUT2D eigenvalue weighted by Gasteiger charge is -2.38. The van der Waals surface area contributed by atoms with Gasteiger partial charge < -0.3 is 4.90 Å². The fourth-order valence-electron chi connectivity index (χ4n) is 4.85. The van der Waals surface area contributed by atoms with Crippen LogP contribution in [0.2, 0.25) is 0 Å². The van der Waals surface area contributed by atoms with E-state index in [9.17, 15) is 4.79 Å². The summed E-state index contributed by atoms with van der Waals surface area (Å²) in [5, 5.41) is 1.04. The first-order valence-corrected chi connectivity index (χ1v) is 11.4. The predicted molar refractivity (Wildman–Crippen MR) is 122 cm³/mol. The van der Waals surface area contributed by atoms with Crippen LogP contribution in [0.1, 0.15) is 17.8 Å². The van der Waals surface area contributed by atoms with Crippen LogP contribution in [0.4, 0.5) is 5.69 Å². The highest BCUT2D eigenvalue weighted by Crippen LogP contribution is 2.28. The third kappa shape index (κ3) is 3.00. The maximum Gasteiger partial charge on any atom is 0.258 e. The average Bonchev–Trinajstić information content (AvgIpc) is 3.37. The summed E-state index contributed by atoms with van der Waals surface area (Å²) in [5.74, 6) is 0. The fraction of sp³-hybridized carbons (Fsp3) is 0.348. The van der Waals surface area contributed by atoms with Crippen molar-refractivity contribution in [2.24, 2.45) is 0 Å². The summed E-state index contributed by atoms with van der Waals surface area (Å²) >= 11 is 1.66. The molecule has 0 bridgehead atoms. The van der Waals surface area contributed by atoms with Crippen molar-refractivity contribution in [1.29, 1.82) is 0 Å². The summed E-state index contributed by atoms with van der Waals surface area (Å²) in [4.78, 5) is 27.2. The number of pyridine rings is 1. The Morgan fingerprint density at radius 1 is 1.07 bits per heavy atom. The number of hydrogen-bond acceptors (Lipinski definition) is 6. The van der Waals surface area contributed by atoms with Crippen molar-refractivity contribution in [2.75, 3.05) is 31.1 Å². The Balaban J connectivity index is 1.36. The van der Waals surface area contributed by atoms with E-state index in [1.807, 2.05) is 31.3 Å². The Kier molecular flexibility index (Phi) is 4.14. The molecule has 0 unspecified atom stereocenters. The monoisotopic (exact) mass is 417 g/mol. The Hall–Kier alpha value is -2.77. The maximum absolute atomic E-state index is 12.9. The lowest BCUT2D eigenvalue weighted by atomic mass is 10.1. The van der Waals surface area contributed by atoms with E-state index in [1.165, 1.54) is 19.4 Å². The Morgan fingerprint density at radius 2 is 2.00 bits per heavy atom. The van der Waals surface area contributed by atoms with E-state index in [-0.39, 0.29) is 5.56 Å². The van der Waals surface area contributed by atoms with Crippen molar-refractivity contribution in [3.05, 3.63) is 58.0 Å². The van der Waals surface area contributed by atoms with E-state index in [2.05, 4.69) is 26.9 Å². The van der Waals surface area contributed by atoms with Gasteiger partial charge in [-0.25, -0.2) is 9.97 Å². The molecule has 0 saturated carbocycles. The van der Waals surface area contributed by atoms with Gasteiger partial charge in [0.2, 0.25) is 0 Å². The average molecular weight is 418 g/mol. The SMILES string of the molecule is Cc1nc2ccc(-c3cc(=O)n4cc(N5CCN6CCC[C@@H]6C5)ccc4n3)cc2s1. The first kappa shape index (κ1) is 18.0. The molecule has 6 rings (SSSR count). The zero-order valence-electron chi connectivity index (χ0n) is 16.9. The summed E-state index contributed by atoms with van der Waals surface area (Å²) < 4.78 is 2.79. The molecule has 2 aliphatic rings. The third-order valence-electron chi connectivity index (χ3n) is 6.39. The molecule has 6 nitrogen and oxygen atoms in total. The number of anilines is 1. The normalized spacial score (nSPS) is 19.6. The molecule has 0 aliphatic carbocycles. The quantitative estimate of drug-likeness (QED) is 0.499. The third-order valence-corrected chi connectivity index (χ3v) is 7.32. The minimum atomic E-state index is -0.0445. The zero-order chi connectivity index (χ0) is 20.2. The van der Waals surface area contributed by atoms with Crippen LogP contribution in [0.3, 0.4) is 0 Å². The van der Waals surface area contributed by atoms with Crippen molar-refractivity contribution in [2.45, 2.75) is 25.8 Å². The van der Waals surface area contributed by atoms with Crippen LogP contribution >= 0.6 is 11.3 Å². The number of aromatic nitrogens is 3. The van der Waals surface area contributed by atoms with Crippen molar-refractivity contribution >= 4 is 32.9 Å². The smallest absolute Gasteiger partial charge is 0.258 e. The van der Waals surface area contributed by atoms with Crippen LogP contribution in [0, 0.1) is 6.92 Å². The van der Waals surface area contributed by atoms with Gasteiger partial charge in [-0.1, -0.05) is 6.07 Å². The first-order valence-electron chi connectivity index (χ1n) is 10.5. The Morgan fingerprint density at radius 3 is 2.93 bits per heavy atom. The highest BCUT2D eigenvalue weighted by molar-refractivity contribution is 7.18. The minimum absolute atomic E-state index is 0.0445. The molecule has 0 radical (unpaired) electrons. The number of aryl methyl sites for hydroxylation is 1. The Labute approximate surface area is 178 Å². The van der Waals surface area contributed by atoms with Crippen LogP contribution in [0.5, 0.6) is 0 Å². The highest BCUT2D eigenvalue weighted by atomic mass is 32.1. The van der Waals surface area contributed by atoms with E-state index >= 15 is 0 Å². The van der Waals surface area contributed by atoms with Crippen molar-refractivity contribution in [3.63, 3.8) is 0 Å². The van der Waals surface area contributed by atoms with E-state index in [0.717, 1.165) is 46.1 Å². The van der Waals surface area contributed by atoms with Gasteiger partial charge in [-0.2, -0.15) is 0 Å². The molecule has 0 spiro atoms. The van der Waals surface area contributed by atoms with Crippen LogP contribution < -0.4 is 10.5 Å². The number of piperazine rings is 1. The van der Waals surface area contributed by atoms with Gasteiger partial charge in [0.25, 0.3) is 5.56 Å². The van der Waals surface area contributed by atoms with Gasteiger partial charge in [0, 0.05) is 43.5 Å². The zero-order valence-corrected chi connectivity index (χ0v) is 17.7. The molecule has 4 aromatic rings. The molecule has 152 valence electrons. The summed E-state index contributed by atoms with van der Waals surface area (Å²) in [5.41, 5.74) is 4.39. The number of nitrogens with zero attached hydrogens (tertiary/aromatic N) is 5. The molecule has 2 aliphatic heterocycles. The highest BCUT2D eigenvalue weighted by Gasteiger charge is 2.30. The van der Waals surface area contributed by atoms with Gasteiger partial charge in [-0.05, 0) is 50.6 Å². The topological polar surface area (TPSA) is 53.7 Å². The lowest BCUT2D eigenvalue weighted by molar-refractivity contribution is 0.231. The van der Waals surface area contributed by atoms with E-state index in [0.29, 0.717) is 17.4 Å². The molecule has 0 amide bonds. The summed E-state index contributed by atoms with van der Waals surface area (Å²) in [6.45, 7) is 6.40. The molecule has 2 saturated heterocycles. The predicted octanol–water partition coefficient (Wildman–Crippen LogP) is 3.56. The van der Waals surface area contributed by atoms with Crippen molar-refractivity contribution < 1.29 is 0 Å². The van der Waals surface area contributed by atoms with Gasteiger partial charge in [-0.15, -0.1) is 11.3 Å². The second-order valence-corrected chi connectivity index (χ2v) is 9.52. The van der Waals surface area contributed by atoms with Crippen LogP contribution in [0.25, 0.3) is 27.1 Å². The number of benzene rings is 1. The van der Waals surface area contributed by atoms with Crippen molar-refractivity contribution in [3.8, 4) is 11.3 Å². The van der Waals surface area contributed by atoms with Gasteiger partial charge in [-0.3, -0.25) is 14.1 Å². The summed E-state index contributed by atoms with van der Waals surface area (Å²) in [7, 11) is 0. The van der Waals surface area contributed by atoms with E-state index < -0.39 is 0 Å². The molecule has 0 N–H and O–H groups in total. The molecule has 2 fully saturated rings. The molecule has 7 heteroatoms. The first-order chi connectivity index (χ1) is 14.6. The van der Waals surface area contributed by atoms with Gasteiger partial charge in [0.05, 0.1) is 26.6 Å². The molecular weight excluding hydrogens is 394 g/mol. The summed E-state index contributed by atoms with van der Waals surface area (Å²) in [6, 6.07) is 12.4. The van der Waals surface area contributed by atoms with Gasteiger partial charge in [0.1, 0.15) is 5.65 Å². The molecule has 1 aromatic carbocycles. The van der Waals surface area contributed by atoms with E-state index in [4.69, 9.17) is 4.98 Å². The number of rotatable bonds is 2.